The number of carbonyl (C=O) groups excluding carboxylic acids is 2. The number of nitrogens with zero attached hydrogens (tertiary/aromatic N) is 3. The molecular formula is C32H40N4O7S. The quantitative estimate of drug-likeness (QED) is 0.207. The number of anilines is 1. The van der Waals surface area contributed by atoms with Crippen LogP contribution in [0.1, 0.15) is 76.7 Å². The van der Waals surface area contributed by atoms with E-state index in [4.69, 9.17) is 14.3 Å². The van der Waals surface area contributed by atoms with Crippen molar-refractivity contribution in [1.82, 2.24) is 14.7 Å². The maximum absolute atomic E-state index is 13.4. The Balaban J connectivity index is 1.66. The molecule has 236 valence electrons. The second-order valence-corrected chi connectivity index (χ2v) is 13.5. The highest BCUT2D eigenvalue weighted by atomic mass is 32.2. The van der Waals surface area contributed by atoms with Crippen LogP contribution < -0.4 is 9.79 Å². The summed E-state index contributed by atoms with van der Waals surface area (Å²) < 4.78 is 40.8. The molecule has 2 aromatic heterocycles. The van der Waals surface area contributed by atoms with Crippen molar-refractivity contribution in [3.63, 3.8) is 0 Å². The summed E-state index contributed by atoms with van der Waals surface area (Å²) in [6.45, 7) is 9.68. The van der Waals surface area contributed by atoms with Gasteiger partial charge in [-0.1, -0.05) is 48.4 Å². The highest BCUT2D eigenvalue weighted by Crippen LogP contribution is 2.48. The fourth-order valence-corrected chi connectivity index (χ4v) is 5.78. The van der Waals surface area contributed by atoms with E-state index >= 15 is 0 Å². The van der Waals surface area contributed by atoms with Crippen LogP contribution in [0.15, 0.2) is 71.9 Å². The number of sulfonamides is 1. The van der Waals surface area contributed by atoms with Gasteiger partial charge in [0.1, 0.15) is 5.60 Å². The molecule has 1 amide bonds. The van der Waals surface area contributed by atoms with Gasteiger partial charge in [-0.3, -0.25) is 0 Å². The Labute approximate surface area is 259 Å². The maximum atomic E-state index is 13.4. The maximum Gasteiger partial charge on any atom is 0.450 e. The van der Waals surface area contributed by atoms with E-state index in [9.17, 15) is 18.0 Å². The number of hydrogen-bond acceptors (Lipinski definition) is 9. The first kappa shape index (κ1) is 33.0. The predicted octanol–water partition coefficient (Wildman–Crippen LogP) is 5.42. The van der Waals surface area contributed by atoms with Crippen molar-refractivity contribution >= 4 is 27.9 Å². The number of nitrogens with one attached hydrogen (secondary N) is 1. The third-order valence-corrected chi connectivity index (χ3v) is 8.28. The lowest BCUT2D eigenvalue weighted by molar-refractivity contribution is -0.142. The number of pyridine rings is 2. The first-order valence-electron chi connectivity index (χ1n) is 14.6. The zero-order chi connectivity index (χ0) is 32.0. The highest BCUT2D eigenvalue weighted by molar-refractivity contribution is 7.89. The summed E-state index contributed by atoms with van der Waals surface area (Å²) in [5.41, 5.74) is 1.51. The highest BCUT2D eigenvalue weighted by Gasteiger charge is 2.44. The summed E-state index contributed by atoms with van der Waals surface area (Å²) in [7, 11) is -4.06. The molecule has 44 heavy (non-hydrogen) atoms. The normalized spacial score (nSPS) is 14.8. The van der Waals surface area contributed by atoms with Crippen LogP contribution in [0, 0.1) is 0 Å². The Morgan fingerprint density at radius 3 is 2.36 bits per heavy atom. The number of rotatable bonds is 12. The second kappa shape index (κ2) is 13.8. The molecule has 4 rings (SSSR count). The zero-order valence-electron chi connectivity index (χ0n) is 25.8. The van der Waals surface area contributed by atoms with Crippen molar-refractivity contribution in [3.8, 4) is 0 Å². The number of hydrogen-bond donors (Lipinski definition) is 1. The van der Waals surface area contributed by atoms with Gasteiger partial charge >= 0.3 is 12.1 Å². The van der Waals surface area contributed by atoms with E-state index in [1.807, 2.05) is 12.1 Å². The number of ether oxygens (including phenoxy) is 2. The Hall–Kier alpha value is -3.87. The van der Waals surface area contributed by atoms with E-state index < -0.39 is 33.7 Å². The lowest BCUT2D eigenvalue weighted by atomic mass is 9.94. The second-order valence-electron chi connectivity index (χ2n) is 11.9. The molecule has 1 atom stereocenters. The summed E-state index contributed by atoms with van der Waals surface area (Å²) in [5.74, 6) is -0.809. The van der Waals surface area contributed by atoms with E-state index in [0.29, 0.717) is 17.4 Å². The molecule has 12 heteroatoms. The van der Waals surface area contributed by atoms with E-state index in [0.717, 1.165) is 38.4 Å². The monoisotopic (exact) mass is 624 g/mol. The van der Waals surface area contributed by atoms with Gasteiger partial charge in [-0.25, -0.2) is 32.7 Å². The number of aromatic nitrogens is 2. The van der Waals surface area contributed by atoms with Crippen molar-refractivity contribution < 1.29 is 32.3 Å². The summed E-state index contributed by atoms with van der Waals surface area (Å²) in [5, 5.41) is 0.515. The number of benzene rings is 1. The molecule has 0 spiro atoms. The van der Waals surface area contributed by atoms with Crippen molar-refractivity contribution in [3.05, 3.63) is 83.7 Å². The molecule has 1 unspecified atom stereocenters. The lowest BCUT2D eigenvalue weighted by Gasteiger charge is -2.26. The van der Waals surface area contributed by atoms with Gasteiger partial charge in [-0.05, 0) is 81.8 Å². The van der Waals surface area contributed by atoms with E-state index in [1.54, 1.807) is 45.0 Å². The van der Waals surface area contributed by atoms with Gasteiger partial charge in [0, 0.05) is 25.1 Å². The largest absolute Gasteiger partial charge is 0.450 e. The molecule has 1 aliphatic carbocycles. The third kappa shape index (κ3) is 8.84. The van der Waals surface area contributed by atoms with Crippen LogP contribution in [0.5, 0.6) is 0 Å². The Bertz CT molecular complexity index is 1540. The topological polar surface area (TPSA) is 137 Å². The van der Waals surface area contributed by atoms with E-state index in [-0.39, 0.29) is 22.7 Å². The van der Waals surface area contributed by atoms with Crippen LogP contribution in [0.2, 0.25) is 0 Å². The minimum Gasteiger partial charge on any atom is -0.441 e. The molecule has 11 nitrogen and oxygen atoms in total. The van der Waals surface area contributed by atoms with Crippen LogP contribution in [0.3, 0.4) is 0 Å². The first-order chi connectivity index (χ1) is 20.8. The van der Waals surface area contributed by atoms with Gasteiger partial charge in [0.2, 0.25) is 0 Å². The van der Waals surface area contributed by atoms with Crippen molar-refractivity contribution in [2.75, 3.05) is 18.3 Å². The van der Waals surface area contributed by atoms with Gasteiger partial charge in [0.25, 0.3) is 10.0 Å². The van der Waals surface area contributed by atoms with Crippen LogP contribution in [0.4, 0.5) is 10.6 Å². The standard InChI is InChI=1S/C32H40N4O7S/c1-6-20-41-22-32(17-18-32)25-15-13-24(14-16-25)21-27(35-44(39,40)29-12-7-8-19-33-29)26-10-9-11-28(34-26)36(43-23(2)37)30(38)42-31(3,4)5/h7-16,19,27,35H,6,17-18,20-22H2,1-5H3. The molecule has 0 saturated heterocycles. The van der Waals surface area contributed by atoms with Gasteiger partial charge in [0.15, 0.2) is 10.8 Å². The fraction of sp³-hybridized carbons (Fsp3) is 0.438. The number of carbonyl (C=O) groups is 2. The van der Waals surface area contributed by atoms with Gasteiger partial charge in [-0.2, -0.15) is 0 Å². The van der Waals surface area contributed by atoms with E-state index in [1.165, 1.54) is 23.9 Å². The van der Waals surface area contributed by atoms with Crippen LogP contribution in [-0.2, 0) is 41.0 Å². The third-order valence-electron chi connectivity index (χ3n) is 6.90. The summed E-state index contributed by atoms with van der Waals surface area (Å²) >= 11 is 0. The summed E-state index contributed by atoms with van der Waals surface area (Å²) in [4.78, 5) is 38.5. The molecule has 0 aliphatic heterocycles. The molecule has 1 saturated carbocycles. The number of hydroxylamine groups is 1. The average molecular weight is 625 g/mol. The SMILES string of the molecule is CCCOCC1(c2ccc(CC(NS(=O)(=O)c3ccccn3)c3cccc(N(OC(C)=O)C(=O)OC(C)(C)C)n3)cc2)CC1. The molecule has 3 aromatic rings. The van der Waals surface area contributed by atoms with Crippen molar-refractivity contribution in [2.24, 2.45) is 0 Å². The van der Waals surface area contributed by atoms with Crippen molar-refractivity contribution in [1.29, 1.82) is 0 Å². The molecule has 1 fully saturated rings. The molecule has 1 aliphatic rings. The summed E-state index contributed by atoms with van der Waals surface area (Å²) in [6, 6.07) is 16.5. The molecule has 1 N–H and O–H groups in total. The van der Waals surface area contributed by atoms with Crippen LogP contribution in [-0.4, -0.2) is 49.3 Å². The molecule has 0 bridgehead atoms. The van der Waals surface area contributed by atoms with Gasteiger partial charge in [0.05, 0.1) is 18.3 Å². The average Bonchev–Trinajstić information content (AvgIpc) is 3.76. The minimum absolute atomic E-state index is 0.0331. The lowest BCUT2D eigenvalue weighted by Crippen LogP contribution is -2.39. The van der Waals surface area contributed by atoms with Crippen LogP contribution in [0.25, 0.3) is 0 Å². The fourth-order valence-electron chi connectivity index (χ4n) is 4.63. The van der Waals surface area contributed by atoms with Crippen LogP contribution >= 0.6 is 0 Å². The predicted molar refractivity (Wildman–Crippen MR) is 164 cm³/mol. The zero-order valence-corrected chi connectivity index (χ0v) is 26.6. The molecule has 2 heterocycles. The van der Waals surface area contributed by atoms with Gasteiger partial charge < -0.3 is 14.3 Å². The first-order valence-corrected chi connectivity index (χ1v) is 16.1. The summed E-state index contributed by atoms with van der Waals surface area (Å²) in [6.07, 6.45) is 3.79. The molecular weight excluding hydrogens is 584 g/mol. The van der Waals surface area contributed by atoms with E-state index in [2.05, 4.69) is 33.7 Å². The molecule has 0 radical (unpaired) electrons. The Kier molecular flexibility index (Phi) is 10.4. The van der Waals surface area contributed by atoms with Crippen molar-refractivity contribution in [2.45, 2.75) is 82.4 Å². The Morgan fingerprint density at radius 2 is 1.77 bits per heavy atom. The Morgan fingerprint density at radius 1 is 1.05 bits per heavy atom. The smallest absolute Gasteiger partial charge is 0.441 e. The van der Waals surface area contributed by atoms with Gasteiger partial charge in [-0.15, -0.1) is 0 Å². The molecule has 1 aromatic carbocycles. The number of amides is 1. The minimum atomic E-state index is -4.06.